The topological polar surface area (TPSA) is 46.3 Å². The first-order chi connectivity index (χ1) is 11.4. The smallest absolute Gasteiger partial charge is 0.254 e. The average molecular weight is 324 g/mol. The summed E-state index contributed by atoms with van der Waals surface area (Å²) in [6.07, 6.45) is 7.97. The summed E-state index contributed by atoms with van der Waals surface area (Å²) in [4.78, 5) is 14.9. The van der Waals surface area contributed by atoms with Gasteiger partial charge in [-0.2, -0.15) is 0 Å². The van der Waals surface area contributed by atoms with Crippen LogP contribution >= 0.6 is 0 Å². The Morgan fingerprint density at radius 1 is 1.12 bits per heavy atom. The number of benzene rings is 1. The van der Waals surface area contributed by atoms with Crippen LogP contribution in [-0.2, 0) is 0 Å². The molecule has 1 atom stereocenters. The summed E-state index contributed by atoms with van der Waals surface area (Å²) in [6.45, 7) is 8.45. The maximum Gasteiger partial charge on any atom is 0.254 e. The number of rotatable bonds is 1. The molecule has 1 aliphatic heterocycles. The van der Waals surface area contributed by atoms with Gasteiger partial charge in [0.2, 0.25) is 0 Å². The average Bonchev–Trinajstić information content (AvgIpc) is 2.74. The van der Waals surface area contributed by atoms with Gasteiger partial charge >= 0.3 is 0 Å². The lowest BCUT2D eigenvalue weighted by atomic mass is 9.71. The van der Waals surface area contributed by atoms with Crippen molar-refractivity contribution in [1.29, 1.82) is 0 Å². The fourth-order valence-corrected chi connectivity index (χ4v) is 3.87. The largest absolute Gasteiger partial charge is 0.399 e. The van der Waals surface area contributed by atoms with Crippen molar-refractivity contribution >= 4 is 11.6 Å². The molecule has 1 amide bonds. The Morgan fingerprint density at radius 3 is 2.46 bits per heavy atom. The Balaban J connectivity index is 1.87. The van der Waals surface area contributed by atoms with Gasteiger partial charge < -0.3 is 10.6 Å². The molecule has 1 aromatic carbocycles. The minimum atomic E-state index is 0.107. The third-order valence-corrected chi connectivity index (χ3v) is 5.21. The van der Waals surface area contributed by atoms with Crippen LogP contribution in [0.15, 0.2) is 47.6 Å². The Labute approximate surface area is 145 Å². The van der Waals surface area contributed by atoms with Gasteiger partial charge in [0, 0.05) is 24.3 Å². The predicted octanol–water partition coefficient (Wildman–Crippen LogP) is 4.42. The van der Waals surface area contributed by atoms with Crippen molar-refractivity contribution in [2.75, 3.05) is 18.8 Å². The quantitative estimate of drug-likeness (QED) is 0.777. The summed E-state index contributed by atoms with van der Waals surface area (Å²) in [5.74, 6) is 0.614. The molecular weight excluding hydrogens is 296 g/mol. The fourth-order valence-electron chi connectivity index (χ4n) is 3.87. The maximum atomic E-state index is 12.9. The van der Waals surface area contributed by atoms with Gasteiger partial charge in [0.1, 0.15) is 0 Å². The van der Waals surface area contributed by atoms with Gasteiger partial charge in [-0.1, -0.05) is 32.9 Å². The molecule has 3 heteroatoms. The van der Waals surface area contributed by atoms with Gasteiger partial charge in [0.15, 0.2) is 0 Å². The van der Waals surface area contributed by atoms with E-state index in [0.717, 1.165) is 37.9 Å². The van der Waals surface area contributed by atoms with Crippen LogP contribution < -0.4 is 5.73 Å². The van der Waals surface area contributed by atoms with Gasteiger partial charge in [0.25, 0.3) is 5.91 Å². The number of nitrogens with zero attached hydrogens (tertiary/aromatic N) is 1. The van der Waals surface area contributed by atoms with Gasteiger partial charge in [-0.15, -0.1) is 0 Å². The molecule has 128 valence electrons. The number of hydrogen-bond donors (Lipinski definition) is 1. The van der Waals surface area contributed by atoms with E-state index in [1.807, 2.05) is 17.0 Å². The molecule has 0 spiro atoms. The molecule has 2 N–H and O–H groups in total. The van der Waals surface area contributed by atoms with Gasteiger partial charge in [-0.25, -0.2) is 0 Å². The van der Waals surface area contributed by atoms with Crippen LogP contribution in [0.3, 0.4) is 0 Å². The third kappa shape index (κ3) is 3.40. The molecule has 0 radical (unpaired) electrons. The summed E-state index contributed by atoms with van der Waals surface area (Å²) in [7, 11) is 0. The van der Waals surface area contributed by atoms with E-state index >= 15 is 0 Å². The van der Waals surface area contributed by atoms with Crippen molar-refractivity contribution in [2.24, 2.45) is 11.3 Å². The molecule has 2 aliphatic rings. The Morgan fingerprint density at radius 2 is 1.79 bits per heavy atom. The number of anilines is 1. The summed E-state index contributed by atoms with van der Waals surface area (Å²) in [5.41, 5.74) is 10.2. The van der Waals surface area contributed by atoms with E-state index in [2.05, 4.69) is 32.9 Å². The second kappa shape index (κ2) is 6.46. The van der Waals surface area contributed by atoms with Gasteiger partial charge in [0.05, 0.1) is 0 Å². The van der Waals surface area contributed by atoms with Crippen LogP contribution in [-0.4, -0.2) is 23.9 Å². The van der Waals surface area contributed by atoms with Crippen LogP contribution in [0, 0.1) is 11.3 Å². The minimum Gasteiger partial charge on any atom is -0.399 e. The number of nitrogen functional groups attached to an aromatic ring is 1. The van der Waals surface area contributed by atoms with E-state index in [1.165, 1.54) is 11.1 Å². The van der Waals surface area contributed by atoms with Gasteiger partial charge in [-0.05, 0) is 66.0 Å². The minimum absolute atomic E-state index is 0.107. The molecule has 1 saturated heterocycles. The second-order valence-corrected chi connectivity index (χ2v) is 8.02. The van der Waals surface area contributed by atoms with Crippen molar-refractivity contribution in [2.45, 2.75) is 40.0 Å². The highest BCUT2D eigenvalue weighted by Crippen LogP contribution is 2.41. The van der Waals surface area contributed by atoms with Crippen molar-refractivity contribution in [1.82, 2.24) is 4.90 Å². The zero-order valence-corrected chi connectivity index (χ0v) is 15.0. The van der Waals surface area contributed by atoms with E-state index in [9.17, 15) is 4.79 Å². The molecule has 0 saturated carbocycles. The van der Waals surface area contributed by atoms with Crippen molar-refractivity contribution in [3.05, 3.63) is 53.1 Å². The van der Waals surface area contributed by atoms with E-state index in [0.29, 0.717) is 11.6 Å². The zero-order chi connectivity index (χ0) is 17.3. The first-order valence-electron chi connectivity index (χ1n) is 8.90. The number of hydrogen-bond acceptors (Lipinski definition) is 2. The molecule has 1 aromatic rings. The number of fused-ring (bicyclic) bond motifs is 1. The molecule has 0 unspecified atom stereocenters. The highest BCUT2D eigenvalue weighted by atomic mass is 16.2. The molecule has 1 heterocycles. The number of likely N-dealkylation sites (tertiary alicyclic amines) is 1. The van der Waals surface area contributed by atoms with Crippen molar-refractivity contribution in [3.63, 3.8) is 0 Å². The van der Waals surface area contributed by atoms with Crippen LogP contribution in [0.2, 0.25) is 0 Å². The predicted molar refractivity (Wildman–Crippen MR) is 99.7 cm³/mol. The lowest BCUT2D eigenvalue weighted by Crippen LogP contribution is -2.33. The standard InChI is InChI=1S/C21H28N2O/c1-21(2,3)19-12-13-23(14-16-6-4-5-7-18(16)19)20(24)15-8-10-17(22)11-9-15/h6-11,19H,4-5,12-14,22H2,1-3H3/t19-/m1/s1. The van der Waals surface area contributed by atoms with Crippen LogP contribution in [0.1, 0.15) is 50.4 Å². The molecule has 24 heavy (non-hydrogen) atoms. The van der Waals surface area contributed by atoms with E-state index in [4.69, 9.17) is 5.73 Å². The highest BCUT2D eigenvalue weighted by Gasteiger charge is 2.34. The number of carbonyl (C=O) groups is 1. The number of nitrogens with two attached hydrogens (primary N) is 1. The molecule has 0 bridgehead atoms. The van der Waals surface area contributed by atoms with E-state index in [-0.39, 0.29) is 11.3 Å². The molecule has 0 aromatic heterocycles. The monoisotopic (exact) mass is 324 g/mol. The number of amides is 1. The first-order valence-corrected chi connectivity index (χ1v) is 8.90. The Kier molecular flexibility index (Phi) is 4.53. The lowest BCUT2D eigenvalue weighted by molar-refractivity contribution is 0.0764. The summed E-state index contributed by atoms with van der Waals surface area (Å²) in [5, 5.41) is 0. The van der Waals surface area contributed by atoms with Crippen LogP contribution in [0.4, 0.5) is 5.69 Å². The summed E-state index contributed by atoms with van der Waals surface area (Å²) in [6, 6.07) is 7.26. The number of allylic oxidation sites excluding steroid dienone is 2. The third-order valence-electron chi connectivity index (χ3n) is 5.21. The Bertz CT molecular complexity index is 677. The van der Waals surface area contributed by atoms with Crippen LogP contribution in [0.5, 0.6) is 0 Å². The Hall–Kier alpha value is -2.03. The lowest BCUT2D eigenvalue weighted by Gasteiger charge is -2.33. The second-order valence-electron chi connectivity index (χ2n) is 8.02. The molecule has 3 nitrogen and oxygen atoms in total. The number of carbonyl (C=O) groups excluding carboxylic acids is 1. The first kappa shape index (κ1) is 16.8. The molecular formula is C21H28N2O. The van der Waals surface area contributed by atoms with E-state index < -0.39 is 0 Å². The normalized spacial score (nSPS) is 21.5. The maximum absolute atomic E-state index is 12.9. The zero-order valence-electron chi connectivity index (χ0n) is 15.0. The van der Waals surface area contributed by atoms with Crippen molar-refractivity contribution in [3.8, 4) is 0 Å². The SMILES string of the molecule is CC(C)(C)[C@@H]1CCN(C(=O)c2ccc(N)cc2)CC2=CCCC=C21. The summed E-state index contributed by atoms with van der Waals surface area (Å²) >= 11 is 0. The highest BCUT2D eigenvalue weighted by molar-refractivity contribution is 5.94. The van der Waals surface area contributed by atoms with Gasteiger partial charge in [-0.3, -0.25) is 4.79 Å². The summed E-state index contributed by atoms with van der Waals surface area (Å²) < 4.78 is 0. The van der Waals surface area contributed by atoms with E-state index in [1.54, 1.807) is 12.1 Å². The van der Waals surface area contributed by atoms with Crippen molar-refractivity contribution < 1.29 is 4.79 Å². The molecule has 3 rings (SSSR count). The van der Waals surface area contributed by atoms with Crippen LogP contribution in [0.25, 0.3) is 0 Å². The fraction of sp³-hybridized carbons (Fsp3) is 0.476. The molecule has 1 fully saturated rings. The molecule has 1 aliphatic carbocycles.